The minimum atomic E-state index is 0.207. The predicted molar refractivity (Wildman–Crippen MR) is 78.4 cm³/mol. The molecule has 1 aliphatic heterocycles. The Morgan fingerprint density at radius 1 is 1.26 bits per heavy atom. The normalized spacial score (nSPS) is 21.2. The Labute approximate surface area is 115 Å². The van der Waals surface area contributed by atoms with Crippen LogP contribution < -0.4 is 19.7 Å². The van der Waals surface area contributed by atoms with E-state index in [9.17, 15) is 0 Å². The zero-order chi connectivity index (χ0) is 14.0. The molecular weight excluding hydrogens is 240 g/mol. The van der Waals surface area contributed by atoms with Crippen LogP contribution in [0.15, 0.2) is 18.2 Å². The summed E-state index contributed by atoms with van der Waals surface area (Å²) in [5.74, 6) is 1.67. The third kappa shape index (κ3) is 2.95. The summed E-state index contributed by atoms with van der Waals surface area (Å²) in [5, 5.41) is 3.55. The molecule has 1 heterocycles. The first-order valence-electron chi connectivity index (χ1n) is 6.67. The number of rotatable bonds is 4. The first kappa shape index (κ1) is 14.0. The molecule has 19 heavy (non-hydrogen) atoms. The van der Waals surface area contributed by atoms with Crippen LogP contribution in [-0.2, 0) is 0 Å². The SMILES string of the molecule is COc1ccc(N(C)C2CNC(C)(C)C2)c(OC)c1. The van der Waals surface area contributed by atoms with E-state index in [0.717, 1.165) is 30.2 Å². The average Bonchev–Trinajstić information content (AvgIpc) is 2.77. The van der Waals surface area contributed by atoms with Crippen molar-refractivity contribution in [3.05, 3.63) is 18.2 Å². The molecule has 0 radical (unpaired) electrons. The second-order valence-electron chi connectivity index (χ2n) is 5.77. The van der Waals surface area contributed by atoms with Gasteiger partial charge >= 0.3 is 0 Å². The van der Waals surface area contributed by atoms with Gasteiger partial charge in [-0.3, -0.25) is 0 Å². The first-order valence-corrected chi connectivity index (χ1v) is 6.67. The van der Waals surface area contributed by atoms with E-state index in [-0.39, 0.29) is 5.54 Å². The van der Waals surface area contributed by atoms with Gasteiger partial charge in [-0.1, -0.05) is 0 Å². The van der Waals surface area contributed by atoms with E-state index in [1.165, 1.54) is 0 Å². The molecular formula is C15H24N2O2. The minimum absolute atomic E-state index is 0.207. The molecule has 1 fully saturated rings. The average molecular weight is 264 g/mol. The Balaban J connectivity index is 2.21. The van der Waals surface area contributed by atoms with Gasteiger partial charge in [0.2, 0.25) is 0 Å². The Morgan fingerprint density at radius 2 is 2.00 bits per heavy atom. The highest BCUT2D eigenvalue weighted by Crippen LogP contribution is 2.34. The van der Waals surface area contributed by atoms with Gasteiger partial charge in [0, 0.05) is 31.2 Å². The minimum Gasteiger partial charge on any atom is -0.497 e. The number of benzene rings is 1. The van der Waals surface area contributed by atoms with Gasteiger partial charge in [0.1, 0.15) is 11.5 Å². The molecule has 4 nitrogen and oxygen atoms in total. The van der Waals surface area contributed by atoms with Crippen LogP contribution in [0.5, 0.6) is 11.5 Å². The monoisotopic (exact) mass is 264 g/mol. The van der Waals surface area contributed by atoms with Crippen molar-refractivity contribution in [3.8, 4) is 11.5 Å². The lowest BCUT2D eigenvalue weighted by Crippen LogP contribution is -2.33. The van der Waals surface area contributed by atoms with Gasteiger partial charge in [0.15, 0.2) is 0 Å². The summed E-state index contributed by atoms with van der Waals surface area (Å²) in [6.07, 6.45) is 1.12. The van der Waals surface area contributed by atoms with E-state index in [1.54, 1.807) is 14.2 Å². The highest BCUT2D eigenvalue weighted by atomic mass is 16.5. The highest BCUT2D eigenvalue weighted by Gasteiger charge is 2.33. The van der Waals surface area contributed by atoms with Crippen LogP contribution in [0.4, 0.5) is 5.69 Å². The molecule has 1 saturated heterocycles. The molecule has 4 heteroatoms. The number of nitrogens with zero attached hydrogens (tertiary/aromatic N) is 1. The van der Waals surface area contributed by atoms with Gasteiger partial charge in [-0.15, -0.1) is 0 Å². The van der Waals surface area contributed by atoms with Crippen LogP contribution in [0.1, 0.15) is 20.3 Å². The van der Waals surface area contributed by atoms with Crippen LogP contribution >= 0.6 is 0 Å². The second kappa shape index (κ2) is 5.29. The van der Waals surface area contributed by atoms with Crippen LogP contribution in [0.25, 0.3) is 0 Å². The fourth-order valence-electron chi connectivity index (χ4n) is 2.67. The fraction of sp³-hybridized carbons (Fsp3) is 0.600. The zero-order valence-electron chi connectivity index (χ0n) is 12.5. The van der Waals surface area contributed by atoms with Gasteiger partial charge in [0.05, 0.1) is 19.9 Å². The zero-order valence-corrected chi connectivity index (χ0v) is 12.5. The Kier molecular flexibility index (Phi) is 3.90. The molecule has 0 aliphatic carbocycles. The van der Waals surface area contributed by atoms with E-state index in [0.29, 0.717) is 6.04 Å². The lowest BCUT2D eigenvalue weighted by atomic mass is 10.0. The van der Waals surface area contributed by atoms with E-state index in [1.807, 2.05) is 12.1 Å². The van der Waals surface area contributed by atoms with E-state index in [4.69, 9.17) is 9.47 Å². The molecule has 0 bridgehead atoms. The van der Waals surface area contributed by atoms with Crippen molar-refractivity contribution < 1.29 is 9.47 Å². The van der Waals surface area contributed by atoms with Gasteiger partial charge in [0.25, 0.3) is 0 Å². The largest absolute Gasteiger partial charge is 0.497 e. The smallest absolute Gasteiger partial charge is 0.145 e. The maximum absolute atomic E-state index is 5.48. The number of likely N-dealkylation sites (N-methyl/N-ethyl adjacent to an activating group) is 1. The van der Waals surface area contributed by atoms with E-state index in [2.05, 4.69) is 37.2 Å². The van der Waals surface area contributed by atoms with Crippen LogP contribution in [0, 0.1) is 0 Å². The number of ether oxygens (including phenoxy) is 2. The van der Waals surface area contributed by atoms with Crippen molar-refractivity contribution in [2.24, 2.45) is 0 Å². The molecule has 0 amide bonds. The number of hydrogen-bond donors (Lipinski definition) is 1. The first-order chi connectivity index (χ1) is 8.96. The standard InChI is InChI=1S/C15H24N2O2/c1-15(2)9-11(10-16-15)17(3)13-7-6-12(18-4)8-14(13)19-5/h6-8,11,16H,9-10H2,1-5H3. The third-order valence-corrected chi connectivity index (χ3v) is 3.88. The quantitative estimate of drug-likeness (QED) is 0.904. The third-order valence-electron chi connectivity index (χ3n) is 3.88. The number of hydrogen-bond acceptors (Lipinski definition) is 4. The molecule has 1 aromatic carbocycles. The molecule has 1 atom stereocenters. The fourth-order valence-corrected chi connectivity index (χ4v) is 2.67. The van der Waals surface area contributed by atoms with E-state index < -0.39 is 0 Å². The van der Waals surface area contributed by atoms with Gasteiger partial charge < -0.3 is 19.7 Å². The van der Waals surface area contributed by atoms with Crippen molar-refractivity contribution in [1.82, 2.24) is 5.32 Å². The van der Waals surface area contributed by atoms with Crippen molar-refractivity contribution in [3.63, 3.8) is 0 Å². The summed E-state index contributed by atoms with van der Waals surface area (Å²) in [7, 11) is 5.49. The van der Waals surface area contributed by atoms with Gasteiger partial charge in [-0.05, 0) is 32.4 Å². The molecule has 1 N–H and O–H groups in total. The summed E-state index contributed by atoms with van der Waals surface area (Å²) >= 11 is 0. The van der Waals surface area contributed by atoms with E-state index >= 15 is 0 Å². The number of methoxy groups -OCH3 is 2. The molecule has 1 aliphatic rings. The second-order valence-corrected chi connectivity index (χ2v) is 5.77. The summed E-state index contributed by atoms with van der Waals surface area (Å²) in [6, 6.07) is 6.45. The van der Waals surface area contributed by atoms with Crippen LogP contribution in [0.2, 0.25) is 0 Å². The van der Waals surface area contributed by atoms with Crippen LogP contribution in [-0.4, -0.2) is 39.4 Å². The lowest BCUT2D eigenvalue weighted by Gasteiger charge is -2.28. The number of nitrogens with one attached hydrogen (secondary N) is 1. The Hall–Kier alpha value is -1.42. The van der Waals surface area contributed by atoms with Crippen molar-refractivity contribution in [1.29, 1.82) is 0 Å². The Bertz CT molecular complexity index is 446. The summed E-state index contributed by atoms with van der Waals surface area (Å²) in [4.78, 5) is 2.29. The van der Waals surface area contributed by atoms with Crippen molar-refractivity contribution in [2.75, 3.05) is 32.7 Å². The molecule has 0 aromatic heterocycles. The molecule has 1 aromatic rings. The van der Waals surface area contributed by atoms with Gasteiger partial charge in [-0.2, -0.15) is 0 Å². The summed E-state index contributed by atoms with van der Waals surface area (Å²) in [5.41, 5.74) is 1.31. The highest BCUT2D eigenvalue weighted by molar-refractivity contribution is 5.61. The molecule has 2 rings (SSSR count). The van der Waals surface area contributed by atoms with Crippen molar-refractivity contribution >= 4 is 5.69 Å². The molecule has 106 valence electrons. The number of anilines is 1. The predicted octanol–water partition coefficient (Wildman–Crippen LogP) is 2.28. The maximum atomic E-state index is 5.48. The molecule has 0 spiro atoms. The molecule has 0 saturated carbocycles. The lowest BCUT2D eigenvalue weighted by molar-refractivity contribution is 0.393. The maximum Gasteiger partial charge on any atom is 0.145 e. The van der Waals surface area contributed by atoms with Crippen molar-refractivity contribution in [2.45, 2.75) is 31.8 Å². The molecule has 1 unspecified atom stereocenters. The van der Waals surface area contributed by atoms with Gasteiger partial charge in [-0.25, -0.2) is 0 Å². The van der Waals surface area contributed by atoms with Crippen LogP contribution in [0.3, 0.4) is 0 Å². The topological polar surface area (TPSA) is 33.7 Å². The summed E-state index contributed by atoms with van der Waals surface area (Å²) in [6.45, 7) is 5.48. The summed E-state index contributed by atoms with van der Waals surface area (Å²) < 4.78 is 10.7. The Morgan fingerprint density at radius 3 is 2.53 bits per heavy atom.